The minimum absolute atomic E-state index is 0.245. The van der Waals surface area contributed by atoms with Crippen LogP contribution in [0.2, 0.25) is 0 Å². The number of hydrogen-bond acceptors (Lipinski definition) is 5. The van der Waals surface area contributed by atoms with E-state index < -0.39 is 17.6 Å². The number of nitrogens with two attached hydrogens (primary N) is 1. The van der Waals surface area contributed by atoms with Gasteiger partial charge in [-0.25, -0.2) is 4.79 Å². The molecule has 1 aliphatic heterocycles. The number of likely N-dealkylation sites (tertiary alicyclic amines) is 1. The second kappa shape index (κ2) is 8.99. The molecule has 7 nitrogen and oxygen atoms in total. The molecule has 2 atom stereocenters. The van der Waals surface area contributed by atoms with E-state index in [2.05, 4.69) is 5.32 Å². The monoisotopic (exact) mass is 375 g/mol. The van der Waals surface area contributed by atoms with Gasteiger partial charge in [0.1, 0.15) is 6.04 Å². The first kappa shape index (κ1) is 20.9. The number of piperidine rings is 1. The fourth-order valence-corrected chi connectivity index (χ4v) is 3.36. The van der Waals surface area contributed by atoms with Crippen LogP contribution in [0.15, 0.2) is 24.3 Å². The van der Waals surface area contributed by atoms with Crippen LogP contribution >= 0.6 is 0 Å². The van der Waals surface area contributed by atoms with E-state index in [4.69, 9.17) is 10.5 Å². The van der Waals surface area contributed by atoms with E-state index in [-0.39, 0.29) is 11.8 Å². The van der Waals surface area contributed by atoms with Crippen LogP contribution in [-0.4, -0.2) is 47.9 Å². The van der Waals surface area contributed by atoms with Crippen molar-refractivity contribution in [1.82, 2.24) is 4.90 Å². The molecule has 3 N–H and O–H groups in total. The van der Waals surface area contributed by atoms with Crippen LogP contribution in [0.4, 0.5) is 5.69 Å². The van der Waals surface area contributed by atoms with Crippen molar-refractivity contribution < 1.29 is 19.1 Å². The van der Waals surface area contributed by atoms with Gasteiger partial charge in [-0.1, -0.05) is 19.4 Å². The molecule has 2 amide bonds. The first-order chi connectivity index (χ1) is 12.8. The highest BCUT2D eigenvalue weighted by atomic mass is 16.5. The van der Waals surface area contributed by atoms with E-state index in [0.29, 0.717) is 30.6 Å². The van der Waals surface area contributed by atoms with E-state index in [0.717, 1.165) is 19.3 Å². The summed E-state index contributed by atoms with van der Waals surface area (Å²) < 4.78 is 4.84. The molecule has 0 bridgehead atoms. The third kappa shape index (κ3) is 5.07. The van der Waals surface area contributed by atoms with Gasteiger partial charge in [0.25, 0.3) is 5.91 Å². The fraction of sp³-hybridized carbons (Fsp3) is 0.550. The highest BCUT2D eigenvalue weighted by Gasteiger charge is 2.33. The van der Waals surface area contributed by atoms with Crippen LogP contribution in [0.5, 0.6) is 0 Å². The Kier molecular flexibility index (Phi) is 6.96. The van der Waals surface area contributed by atoms with Gasteiger partial charge >= 0.3 is 5.97 Å². The zero-order valence-corrected chi connectivity index (χ0v) is 16.3. The molecule has 2 unspecified atom stereocenters. The van der Waals surface area contributed by atoms with Crippen LogP contribution in [0.3, 0.4) is 0 Å². The summed E-state index contributed by atoms with van der Waals surface area (Å²) in [5.41, 5.74) is 6.01. The van der Waals surface area contributed by atoms with Crippen LogP contribution in [0, 0.1) is 0 Å². The predicted molar refractivity (Wildman–Crippen MR) is 103 cm³/mol. The second-order valence-electron chi connectivity index (χ2n) is 7.24. The van der Waals surface area contributed by atoms with Gasteiger partial charge in [0.05, 0.1) is 12.6 Å². The third-order valence-electron chi connectivity index (χ3n) is 4.89. The minimum atomic E-state index is -0.975. The van der Waals surface area contributed by atoms with Crippen molar-refractivity contribution in [3.8, 4) is 0 Å². The number of anilines is 1. The quantitative estimate of drug-likeness (QED) is 0.743. The lowest BCUT2D eigenvalue weighted by molar-refractivity contribution is -0.147. The summed E-state index contributed by atoms with van der Waals surface area (Å²) in [4.78, 5) is 38.9. The van der Waals surface area contributed by atoms with E-state index in [1.54, 1.807) is 36.1 Å². The van der Waals surface area contributed by atoms with Gasteiger partial charge in [-0.15, -0.1) is 0 Å². The number of nitrogens with one attached hydrogen (secondary N) is 1. The summed E-state index contributed by atoms with van der Waals surface area (Å²) in [5.74, 6) is -0.935. The number of amides is 2. The van der Waals surface area contributed by atoms with Crippen molar-refractivity contribution in [2.45, 2.75) is 57.5 Å². The molecule has 1 heterocycles. The Morgan fingerprint density at radius 3 is 2.74 bits per heavy atom. The van der Waals surface area contributed by atoms with Gasteiger partial charge in [-0.2, -0.15) is 0 Å². The van der Waals surface area contributed by atoms with E-state index >= 15 is 0 Å². The molecule has 1 aromatic carbocycles. The van der Waals surface area contributed by atoms with Crippen molar-refractivity contribution in [1.29, 1.82) is 0 Å². The number of rotatable bonds is 6. The largest absolute Gasteiger partial charge is 0.467 e. The van der Waals surface area contributed by atoms with E-state index in [9.17, 15) is 14.4 Å². The number of methoxy groups -OCH3 is 1. The summed E-state index contributed by atoms with van der Waals surface area (Å²) >= 11 is 0. The number of benzene rings is 1. The average molecular weight is 375 g/mol. The smallest absolute Gasteiger partial charge is 0.328 e. The van der Waals surface area contributed by atoms with Crippen LogP contribution < -0.4 is 11.1 Å². The molecular formula is C20H29N3O4. The predicted octanol–water partition coefficient (Wildman–Crippen LogP) is 2.31. The SMILES string of the molecule is CCCC(C)(N)C(=O)Nc1cccc(C(=O)N2CCCCC2C(=O)OC)c1. The Morgan fingerprint density at radius 1 is 1.33 bits per heavy atom. The van der Waals surface area contributed by atoms with Crippen molar-refractivity contribution in [3.63, 3.8) is 0 Å². The number of carbonyl (C=O) groups is 3. The highest BCUT2D eigenvalue weighted by molar-refractivity contribution is 6.01. The molecule has 0 aromatic heterocycles. The zero-order chi connectivity index (χ0) is 20.0. The molecule has 1 aromatic rings. The lowest BCUT2D eigenvalue weighted by Gasteiger charge is -2.33. The van der Waals surface area contributed by atoms with Crippen molar-refractivity contribution in [3.05, 3.63) is 29.8 Å². The summed E-state index contributed by atoms with van der Waals surface area (Å²) in [6.45, 7) is 4.16. The maximum atomic E-state index is 12.9. The molecule has 2 rings (SSSR count). The molecule has 1 aliphatic rings. The molecule has 0 radical (unpaired) electrons. The van der Waals surface area contributed by atoms with Crippen LogP contribution in [0.25, 0.3) is 0 Å². The Bertz CT molecular complexity index is 702. The maximum absolute atomic E-state index is 12.9. The molecule has 0 aliphatic carbocycles. The van der Waals surface area contributed by atoms with Crippen LogP contribution in [-0.2, 0) is 14.3 Å². The molecule has 7 heteroatoms. The number of carbonyl (C=O) groups excluding carboxylic acids is 3. The van der Waals surface area contributed by atoms with Gasteiger partial charge in [0, 0.05) is 17.8 Å². The molecule has 1 saturated heterocycles. The molecule has 0 saturated carbocycles. The van der Waals surface area contributed by atoms with Crippen LogP contribution in [0.1, 0.15) is 56.3 Å². The summed E-state index contributed by atoms with van der Waals surface area (Å²) in [6, 6.07) is 6.14. The number of nitrogens with zero attached hydrogens (tertiary/aromatic N) is 1. The second-order valence-corrected chi connectivity index (χ2v) is 7.24. The Labute approximate surface area is 160 Å². The molecular weight excluding hydrogens is 346 g/mol. The Balaban J connectivity index is 2.17. The Morgan fingerprint density at radius 2 is 2.07 bits per heavy atom. The molecule has 1 fully saturated rings. The van der Waals surface area contributed by atoms with Crippen molar-refractivity contribution >= 4 is 23.5 Å². The zero-order valence-electron chi connectivity index (χ0n) is 16.3. The average Bonchev–Trinajstić information content (AvgIpc) is 2.67. The molecule has 148 valence electrons. The van der Waals surface area contributed by atoms with Gasteiger partial charge in [-0.3, -0.25) is 9.59 Å². The fourth-order valence-electron chi connectivity index (χ4n) is 3.36. The summed E-state index contributed by atoms with van der Waals surface area (Å²) in [7, 11) is 1.33. The minimum Gasteiger partial charge on any atom is -0.467 e. The molecule has 27 heavy (non-hydrogen) atoms. The topological polar surface area (TPSA) is 102 Å². The molecule has 0 spiro atoms. The van der Waals surface area contributed by atoms with Crippen molar-refractivity contribution in [2.75, 3.05) is 19.0 Å². The lowest BCUT2D eigenvalue weighted by Crippen LogP contribution is -2.48. The van der Waals surface area contributed by atoms with E-state index in [1.807, 2.05) is 6.92 Å². The standard InChI is InChI=1S/C20H29N3O4/c1-4-11-20(2,21)19(26)22-15-9-7-8-14(13-15)17(24)23-12-6-5-10-16(23)18(25)27-3/h7-9,13,16H,4-6,10-12,21H2,1-3H3,(H,22,26). The van der Waals surface area contributed by atoms with E-state index in [1.165, 1.54) is 7.11 Å². The maximum Gasteiger partial charge on any atom is 0.328 e. The Hall–Kier alpha value is -2.41. The number of esters is 1. The number of hydrogen-bond donors (Lipinski definition) is 2. The van der Waals surface area contributed by atoms with Crippen molar-refractivity contribution in [2.24, 2.45) is 5.73 Å². The third-order valence-corrected chi connectivity index (χ3v) is 4.89. The lowest BCUT2D eigenvalue weighted by atomic mass is 9.96. The van der Waals surface area contributed by atoms with Gasteiger partial charge < -0.3 is 20.7 Å². The summed E-state index contributed by atoms with van der Waals surface area (Å²) in [6.07, 6.45) is 3.68. The normalized spacial score (nSPS) is 19.1. The first-order valence-corrected chi connectivity index (χ1v) is 9.39. The van der Waals surface area contributed by atoms with Gasteiger partial charge in [0.2, 0.25) is 5.91 Å². The van der Waals surface area contributed by atoms with Gasteiger partial charge in [0.15, 0.2) is 0 Å². The van der Waals surface area contributed by atoms with Gasteiger partial charge in [-0.05, 0) is 50.8 Å². The number of ether oxygens (including phenoxy) is 1. The summed E-state index contributed by atoms with van der Waals surface area (Å²) in [5, 5.41) is 2.78. The highest BCUT2D eigenvalue weighted by Crippen LogP contribution is 2.22. The first-order valence-electron chi connectivity index (χ1n) is 9.39.